The minimum absolute atomic E-state index is 0.0264. The molecule has 4 aromatic rings. The summed E-state index contributed by atoms with van der Waals surface area (Å²) in [6.07, 6.45) is 6.60. The van der Waals surface area contributed by atoms with Gasteiger partial charge >= 0.3 is 0 Å². The number of para-hydroxylation sites is 3. The number of hydrogen-bond acceptors (Lipinski definition) is 4. The summed E-state index contributed by atoms with van der Waals surface area (Å²) < 4.78 is 8.34. The fraction of sp³-hybridized carbons (Fsp3) is 0.273. The maximum Gasteiger partial charge on any atom is 0.274 e. The second-order valence-corrected chi connectivity index (χ2v) is 7.59. The van der Waals surface area contributed by atoms with Crippen LogP contribution in [-0.2, 0) is 0 Å². The van der Waals surface area contributed by atoms with Gasteiger partial charge in [-0.1, -0.05) is 67.9 Å². The van der Waals surface area contributed by atoms with Gasteiger partial charge in [0.25, 0.3) is 5.56 Å². The van der Waals surface area contributed by atoms with Gasteiger partial charge in [0.1, 0.15) is 5.75 Å². The lowest BCUT2D eigenvalue weighted by atomic mass is 10.2. The Kier molecular flexibility index (Phi) is 5.21. The average Bonchev–Trinajstić information content (AvgIpc) is 3.19. The quantitative estimate of drug-likeness (QED) is 0.447. The Morgan fingerprint density at radius 3 is 2.78 bits per heavy atom. The van der Waals surface area contributed by atoms with Gasteiger partial charge in [-0.25, -0.2) is 9.38 Å². The summed E-state index contributed by atoms with van der Waals surface area (Å²) in [5.74, 6) is 0.823. The van der Waals surface area contributed by atoms with E-state index in [0.29, 0.717) is 11.1 Å². The summed E-state index contributed by atoms with van der Waals surface area (Å²) in [4.78, 5) is 18.2. The van der Waals surface area contributed by atoms with Gasteiger partial charge in [-0.05, 0) is 30.7 Å². The summed E-state index contributed by atoms with van der Waals surface area (Å²) in [6, 6.07) is 15.6. The fourth-order valence-corrected chi connectivity index (χ4v) is 4.17. The van der Waals surface area contributed by atoms with E-state index in [1.165, 1.54) is 30.6 Å². The number of ether oxygens (including phenoxy) is 1. The molecule has 0 atom stereocenters. The number of thiazole rings is 1. The lowest BCUT2D eigenvalue weighted by Gasteiger charge is -2.08. The highest BCUT2D eigenvalue weighted by molar-refractivity contribution is 7.15. The number of rotatable bonds is 7. The third-order valence-electron chi connectivity index (χ3n) is 4.61. The van der Waals surface area contributed by atoms with Crippen molar-refractivity contribution >= 4 is 33.4 Å². The minimum atomic E-state index is -0.0264. The van der Waals surface area contributed by atoms with Crippen molar-refractivity contribution in [1.29, 1.82) is 0 Å². The van der Waals surface area contributed by atoms with Crippen LogP contribution < -0.4 is 14.8 Å². The van der Waals surface area contributed by atoms with E-state index in [0.717, 1.165) is 33.7 Å². The van der Waals surface area contributed by atoms with Crippen molar-refractivity contribution in [2.24, 2.45) is 0 Å². The zero-order chi connectivity index (χ0) is 18.6. The van der Waals surface area contributed by atoms with Crippen LogP contribution >= 0.6 is 11.3 Å². The van der Waals surface area contributed by atoms with Gasteiger partial charge in [0.05, 0.1) is 22.2 Å². The van der Waals surface area contributed by atoms with Crippen molar-refractivity contribution in [1.82, 2.24) is 9.38 Å². The smallest absolute Gasteiger partial charge is 0.274 e. The summed E-state index contributed by atoms with van der Waals surface area (Å²) in [5, 5.41) is 0. The van der Waals surface area contributed by atoms with Gasteiger partial charge in [-0.15, -0.1) is 0 Å². The van der Waals surface area contributed by atoms with Crippen LogP contribution in [0.2, 0.25) is 0 Å². The van der Waals surface area contributed by atoms with E-state index >= 15 is 0 Å². The number of hydrogen-bond donors (Lipinski definition) is 0. The van der Waals surface area contributed by atoms with E-state index in [9.17, 15) is 4.79 Å². The van der Waals surface area contributed by atoms with E-state index in [-0.39, 0.29) is 5.56 Å². The zero-order valence-electron chi connectivity index (χ0n) is 15.4. The van der Waals surface area contributed by atoms with Gasteiger partial charge in [-0.3, -0.25) is 4.79 Å². The second-order valence-electron chi connectivity index (χ2n) is 6.58. The van der Waals surface area contributed by atoms with Crippen LogP contribution in [-0.4, -0.2) is 16.0 Å². The third kappa shape index (κ3) is 3.60. The number of fused-ring (bicyclic) bond motifs is 3. The number of benzene rings is 2. The normalized spacial score (nSPS) is 12.3. The van der Waals surface area contributed by atoms with E-state index in [1.807, 2.05) is 54.6 Å². The predicted octanol–water partition coefficient (Wildman–Crippen LogP) is 4.42. The molecule has 0 saturated carbocycles. The van der Waals surface area contributed by atoms with Crippen LogP contribution in [0.4, 0.5) is 0 Å². The Labute approximate surface area is 161 Å². The molecule has 0 N–H and O–H groups in total. The summed E-state index contributed by atoms with van der Waals surface area (Å²) >= 11 is 1.42. The first-order chi connectivity index (χ1) is 13.3. The largest absolute Gasteiger partial charge is 0.493 e. The highest BCUT2D eigenvalue weighted by Crippen LogP contribution is 2.20. The Hall–Kier alpha value is -2.66. The van der Waals surface area contributed by atoms with E-state index < -0.39 is 0 Å². The molecule has 0 aliphatic heterocycles. The molecule has 4 rings (SSSR count). The molecule has 0 bridgehead atoms. The molecule has 0 amide bonds. The zero-order valence-corrected chi connectivity index (χ0v) is 16.2. The number of imidazole rings is 1. The summed E-state index contributed by atoms with van der Waals surface area (Å²) in [5.41, 5.74) is 2.61. The van der Waals surface area contributed by atoms with Gasteiger partial charge in [0, 0.05) is 5.56 Å². The molecular formula is C22H22N2O2S. The molecule has 0 spiro atoms. The van der Waals surface area contributed by atoms with E-state index in [1.54, 1.807) is 4.40 Å². The summed E-state index contributed by atoms with van der Waals surface area (Å²) in [7, 11) is 0. The van der Waals surface area contributed by atoms with Gasteiger partial charge < -0.3 is 4.74 Å². The maximum atomic E-state index is 12.9. The van der Waals surface area contributed by atoms with Crippen LogP contribution in [0.25, 0.3) is 22.1 Å². The Morgan fingerprint density at radius 2 is 1.89 bits per heavy atom. The SMILES string of the molecule is CCCCCCOc1ccccc1/C=c1/sc2nc3ccccc3n2c1=O. The average molecular weight is 378 g/mol. The Balaban J connectivity index is 1.68. The minimum Gasteiger partial charge on any atom is -0.493 e. The van der Waals surface area contributed by atoms with Crippen LogP contribution in [0.15, 0.2) is 53.3 Å². The molecular weight excluding hydrogens is 356 g/mol. The molecule has 0 fully saturated rings. The lowest BCUT2D eigenvalue weighted by molar-refractivity contribution is 0.304. The summed E-state index contributed by atoms with van der Waals surface area (Å²) in [6.45, 7) is 2.90. The van der Waals surface area contributed by atoms with Crippen molar-refractivity contribution in [3.63, 3.8) is 0 Å². The van der Waals surface area contributed by atoms with Crippen LogP contribution in [0.5, 0.6) is 5.75 Å². The number of unbranched alkanes of at least 4 members (excludes halogenated alkanes) is 3. The lowest BCUT2D eigenvalue weighted by Crippen LogP contribution is -2.22. The monoisotopic (exact) mass is 378 g/mol. The second kappa shape index (κ2) is 7.92. The van der Waals surface area contributed by atoms with Crippen molar-refractivity contribution in [3.8, 4) is 5.75 Å². The number of nitrogens with zero attached hydrogens (tertiary/aromatic N) is 2. The van der Waals surface area contributed by atoms with Crippen molar-refractivity contribution in [2.45, 2.75) is 32.6 Å². The van der Waals surface area contributed by atoms with Crippen LogP contribution in [0.3, 0.4) is 0 Å². The first-order valence-corrected chi connectivity index (χ1v) is 10.2. The molecule has 27 heavy (non-hydrogen) atoms. The molecule has 138 valence electrons. The first kappa shape index (κ1) is 17.7. The molecule has 0 saturated heterocycles. The highest BCUT2D eigenvalue weighted by atomic mass is 32.1. The van der Waals surface area contributed by atoms with Crippen molar-refractivity contribution in [3.05, 3.63) is 69.0 Å². The molecule has 0 aliphatic carbocycles. The van der Waals surface area contributed by atoms with Crippen LogP contribution in [0, 0.1) is 0 Å². The van der Waals surface area contributed by atoms with E-state index in [2.05, 4.69) is 11.9 Å². The standard InChI is InChI=1S/C22H22N2O2S/c1-2-3-4-9-14-26-19-13-8-5-10-16(19)15-20-21(25)24-18-12-7-6-11-17(18)23-22(24)27-20/h5-8,10-13,15H,2-4,9,14H2,1H3/b20-15+. The van der Waals surface area contributed by atoms with Crippen LogP contribution in [0.1, 0.15) is 38.2 Å². The van der Waals surface area contributed by atoms with Crippen molar-refractivity contribution < 1.29 is 4.74 Å². The Bertz CT molecular complexity index is 1180. The van der Waals surface area contributed by atoms with Gasteiger partial charge in [0.15, 0.2) is 4.96 Å². The molecule has 0 unspecified atom stereocenters. The predicted molar refractivity (Wildman–Crippen MR) is 112 cm³/mol. The topological polar surface area (TPSA) is 43.6 Å². The third-order valence-corrected chi connectivity index (χ3v) is 5.58. The molecule has 4 nitrogen and oxygen atoms in total. The first-order valence-electron chi connectivity index (χ1n) is 9.41. The molecule has 2 heterocycles. The van der Waals surface area contributed by atoms with E-state index in [4.69, 9.17) is 4.74 Å². The maximum absolute atomic E-state index is 12.9. The van der Waals surface area contributed by atoms with Gasteiger partial charge in [-0.2, -0.15) is 0 Å². The molecule has 0 aliphatic rings. The molecule has 2 aromatic carbocycles. The molecule has 2 aromatic heterocycles. The van der Waals surface area contributed by atoms with Crippen molar-refractivity contribution in [2.75, 3.05) is 6.61 Å². The fourth-order valence-electron chi connectivity index (χ4n) is 3.20. The number of aromatic nitrogens is 2. The highest BCUT2D eigenvalue weighted by Gasteiger charge is 2.11. The van der Waals surface area contributed by atoms with Gasteiger partial charge in [0.2, 0.25) is 0 Å². The Morgan fingerprint density at radius 1 is 1.07 bits per heavy atom. The molecule has 0 radical (unpaired) electrons. The molecule has 5 heteroatoms.